The molecule has 1 saturated heterocycles. The van der Waals surface area contributed by atoms with Crippen LogP contribution in [0.25, 0.3) is 0 Å². The largest absolute Gasteiger partial charge is 0.389 e. The number of hydrogen-bond acceptors (Lipinski definition) is 2. The van der Waals surface area contributed by atoms with E-state index < -0.39 is 12.6 Å². The molecular weight excluding hydrogens is 281 g/mol. The number of piperidine rings is 1. The molecule has 1 fully saturated rings. The van der Waals surface area contributed by atoms with Crippen LogP contribution in [0.5, 0.6) is 0 Å². The Morgan fingerprint density at radius 1 is 1.24 bits per heavy atom. The van der Waals surface area contributed by atoms with E-state index in [0.717, 1.165) is 25.9 Å². The number of para-hydroxylation sites is 1. The second-order valence-electron chi connectivity index (χ2n) is 5.29. The first-order valence-electron chi connectivity index (χ1n) is 7.12. The van der Waals surface area contributed by atoms with Crippen LogP contribution >= 0.6 is 0 Å². The maximum absolute atomic E-state index is 12.3. The van der Waals surface area contributed by atoms with E-state index in [0.29, 0.717) is 11.3 Å². The molecule has 0 saturated carbocycles. The zero-order chi connectivity index (χ0) is 15.3. The zero-order valence-corrected chi connectivity index (χ0v) is 11.7. The number of carbonyl (C=O) groups excluding carboxylic acids is 1. The monoisotopic (exact) mass is 300 g/mol. The molecule has 1 aromatic rings. The number of rotatable bonds is 4. The standard InChI is InChI=1S/C15H19F3N2O/c16-15(17,18)8-5-11-3-1-2-4-13(11)20-14(21)12-6-9-19-10-7-12/h1-4,12,19H,5-10H2,(H,20,21). The fourth-order valence-corrected chi connectivity index (χ4v) is 2.46. The minimum absolute atomic E-state index is 0.0677. The maximum Gasteiger partial charge on any atom is 0.389 e. The van der Waals surface area contributed by atoms with Gasteiger partial charge in [0.25, 0.3) is 0 Å². The quantitative estimate of drug-likeness (QED) is 0.897. The smallest absolute Gasteiger partial charge is 0.326 e. The lowest BCUT2D eigenvalue weighted by atomic mass is 9.97. The van der Waals surface area contributed by atoms with E-state index in [9.17, 15) is 18.0 Å². The van der Waals surface area contributed by atoms with Crippen LogP contribution in [-0.4, -0.2) is 25.2 Å². The lowest BCUT2D eigenvalue weighted by Gasteiger charge is -2.22. The summed E-state index contributed by atoms with van der Waals surface area (Å²) in [6.07, 6.45) is -3.67. The third-order valence-electron chi connectivity index (χ3n) is 3.66. The maximum atomic E-state index is 12.3. The Morgan fingerprint density at radius 3 is 2.57 bits per heavy atom. The Bertz CT molecular complexity index is 482. The average Bonchev–Trinajstić information content (AvgIpc) is 2.46. The number of aryl methyl sites for hydroxylation is 1. The molecule has 1 aliphatic rings. The van der Waals surface area contributed by atoms with E-state index in [1.165, 1.54) is 0 Å². The topological polar surface area (TPSA) is 41.1 Å². The predicted molar refractivity (Wildman–Crippen MR) is 75.0 cm³/mol. The fourth-order valence-electron chi connectivity index (χ4n) is 2.46. The molecule has 1 amide bonds. The molecule has 0 aliphatic carbocycles. The highest BCUT2D eigenvalue weighted by Crippen LogP contribution is 2.26. The second-order valence-corrected chi connectivity index (χ2v) is 5.29. The molecule has 0 radical (unpaired) electrons. The van der Waals surface area contributed by atoms with Gasteiger partial charge in [0.05, 0.1) is 0 Å². The van der Waals surface area contributed by atoms with E-state index >= 15 is 0 Å². The number of halogens is 3. The predicted octanol–water partition coefficient (Wildman–Crippen LogP) is 3.12. The summed E-state index contributed by atoms with van der Waals surface area (Å²) >= 11 is 0. The molecule has 116 valence electrons. The molecule has 2 rings (SSSR count). The van der Waals surface area contributed by atoms with Gasteiger partial charge in [0.15, 0.2) is 0 Å². The minimum atomic E-state index is -4.19. The van der Waals surface area contributed by atoms with Crippen molar-refractivity contribution in [3.05, 3.63) is 29.8 Å². The highest BCUT2D eigenvalue weighted by molar-refractivity contribution is 5.93. The molecule has 21 heavy (non-hydrogen) atoms. The molecular formula is C15H19F3N2O. The number of amides is 1. The van der Waals surface area contributed by atoms with Crippen molar-refractivity contribution in [1.29, 1.82) is 0 Å². The van der Waals surface area contributed by atoms with Gasteiger partial charge in [0.2, 0.25) is 5.91 Å². The molecule has 0 atom stereocenters. The van der Waals surface area contributed by atoms with Gasteiger partial charge in [-0.2, -0.15) is 13.2 Å². The van der Waals surface area contributed by atoms with Crippen LogP contribution in [0.3, 0.4) is 0 Å². The van der Waals surface area contributed by atoms with Crippen LogP contribution in [-0.2, 0) is 11.2 Å². The number of alkyl halides is 3. The summed E-state index contributed by atoms with van der Waals surface area (Å²) in [5.74, 6) is -0.169. The highest BCUT2D eigenvalue weighted by Gasteiger charge is 2.27. The number of nitrogens with one attached hydrogen (secondary N) is 2. The lowest BCUT2D eigenvalue weighted by molar-refractivity contribution is -0.133. The van der Waals surface area contributed by atoms with Gasteiger partial charge in [-0.05, 0) is 44.0 Å². The van der Waals surface area contributed by atoms with E-state index in [-0.39, 0.29) is 18.2 Å². The second kappa shape index (κ2) is 6.93. The summed E-state index contributed by atoms with van der Waals surface area (Å²) in [6, 6.07) is 6.69. The normalized spacial score (nSPS) is 16.7. The van der Waals surface area contributed by atoms with Crippen molar-refractivity contribution in [1.82, 2.24) is 5.32 Å². The first kappa shape index (κ1) is 15.8. The van der Waals surface area contributed by atoms with Crippen LogP contribution in [0, 0.1) is 5.92 Å². The molecule has 3 nitrogen and oxygen atoms in total. The van der Waals surface area contributed by atoms with Gasteiger partial charge in [0, 0.05) is 18.0 Å². The van der Waals surface area contributed by atoms with Crippen LogP contribution in [0.4, 0.5) is 18.9 Å². The Labute approximate surface area is 121 Å². The van der Waals surface area contributed by atoms with E-state index in [1.807, 2.05) is 0 Å². The molecule has 6 heteroatoms. The number of carbonyl (C=O) groups is 1. The summed E-state index contributed by atoms with van der Waals surface area (Å²) in [5, 5.41) is 5.96. The molecule has 0 aromatic heterocycles. The summed E-state index contributed by atoms with van der Waals surface area (Å²) in [4.78, 5) is 12.2. The van der Waals surface area contributed by atoms with Crippen molar-refractivity contribution in [3.8, 4) is 0 Å². The first-order valence-corrected chi connectivity index (χ1v) is 7.12. The molecule has 0 spiro atoms. The van der Waals surface area contributed by atoms with Crippen LogP contribution < -0.4 is 10.6 Å². The third-order valence-corrected chi connectivity index (χ3v) is 3.66. The zero-order valence-electron chi connectivity index (χ0n) is 11.7. The van der Waals surface area contributed by atoms with E-state index in [4.69, 9.17) is 0 Å². The van der Waals surface area contributed by atoms with Crippen molar-refractivity contribution >= 4 is 11.6 Å². The van der Waals surface area contributed by atoms with Gasteiger partial charge >= 0.3 is 6.18 Å². The van der Waals surface area contributed by atoms with Gasteiger partial charge in [-0.1, -0.05) is 18.2 Å². The Hall–Kier alpha value is -1.56. The van der Waals surface area contributed by atoms with Gasteiger partial charge in [-0.15, -0.1) is 0 Å². The molecule has 1 heterocycles. The average molecular weight is 300 g/mol. The molecule has 1 aliphatic heterocycles. The van der Waals surface area contributed by atoms with Gasteiger partial charge in [-0.3, -0.25) is 4.79 Å². The Balaban J connectivity index is 2.00. The molecule has 0 bridgehead atoms. The van der Waals surface area contributed by atoms with Crippen molar-refractivity contribution in [2.75, 3.05) is 18.4 Å². The summed E-state index contributed by atoms with van der Waals surface area (Å²) in [7, 11) is 0. The van der Waals surface area contributed by atoms with Crippen molar-refractivity contribution < 1.29 is 18.0 Å². The lowest BCUT2D eigenvalue weighted by Crippen LogP contribution is -2.34. The van der Waals surface area contributed by atoms with E-state index in [2.05, 4.69) is 10.6 Å². The number of anilines is 1. The van der Waals surface area contributed by atoms with E-state index in [1.54, 1.807) is 24.3 Å². The van der Waals surface area contributed by atoms with Gasteiger partial charge < -0.3 is 10.6 Å². The fraction of sp³-hybridized carbons (Fsp3) is 0.533. The van der Waals surface area contributed by atoms with Crippen LogP contribution in [0.1, 0.15) is 24.8 Å². The molecule has 1 aromatic carbocycles. The SMILES string of the molecule is O=C(Nc1ccccc1CCC(F)(F)F)C1CCNCC1. The van der Waals surface area contributed by atoms with Crippen LogP contribution in [0.15, 0.2) is 24.3 Å². The third kappa shape index (κ3) is 5.04. The van der Waals surface area contributed by atoms with Gasteiger partial charge in [0.1, 0.15) is 0 Å². The molecule has 0 unspecified atom stereocenters. The summed E-state index contributed by atoms with van der Waals surface area (Å²) < 4.78 is 37.0. The van der Waals surface area contributed by atoms with Crippen molar-refractivity contribution in [3.63, 3.8) is 0 Å². The van der Waals surface area contributed by atoms with Crippen molar-refractivity contribution in [2.24, 2.45) is 5.92 Å². The van der Waals surface area contributed by atoms with Crippen molar-refractivity contribution in [2.45, 2.75) is 31.9 Å². The van der Waals surface area contributed by atoms with Crippen LogP contribution in [0.2, 0.25) is 0 Å². The molecule has 2 N–H and O–H groups in total. The number of hydrogen-bond donors (Lipinski definition) is 2. The number of benzene rings is 1. The van der Waals surface area contributed by atoms with Gasteiger partial charge in [-0.25, -0.2) is 0 Å². The highest BCUT2D eigenvalue weighted by atomic mass is 19.4. The first-order chi connectivity index (χ1) is 9.96. The Morgan fingerprint density at radius 2 is 1.90 bits per heavy atom. The summed E-state index contributed by atoms with van der Waals surface area (Å²) in [5.41, 5.74) is 1.02. The summed E-state index contributed by atoms with van der Waals surface area (Å²) in [6.45, 7) is 1.60. The minimum Gasteiger partial charge on any atom is -0.326 e. The Kier molecular flexibility index (Phi) is 5.22.